The monoisotopic (exact) mass is 560 g/mol. The zero-order chi connectivity index (χ0) is 22.7. The van der Waals surface area contributed by atoms with Gasteiger partial charge in [-0.05, 0) is 52.6 Å². The van der Waals surface area contributed by atoms with Crippen molar-refractivity contribution in [2.24, 2.45) is 4.99 Å². The van der Waals surface area contributed by atoms with Crippen molar-refractivity contribution in [2.45, 2.75) is 32.9 Å². The maximum atomic E-state index is 12.4. The third-order valence-corrected chi connectivity index (χ3v) is 5.35. The second-order valence-electron chi connectivity index (χ2n) is 8.72. The first-order chi connectivity index (χ1) is 14.8. The van der Waals surface area contributed by atoms with Crippen LogP contribution in [0.5, 0.6) is 0 Å². The molecule has 1 amide bonds. The molecule has 0 aliphatic carbocycles. The van der Waals surface area contributed by atoms with Crippen LogP contribution in [0.4, 0.5) is 0 Å². The van der Waals surface area contributed by atoms with Gasteiger partial charge in [-0.1, -0.05) is 12.1 Å². The van der Waals surface area contributed by atoms with Crippen molar-refractivity contribution >= 4 is 35.8 Å². The number of nitrogens with one attached hydrogen (secondary N) is 3. The lowest BCUT2D eigenvalue weighted by molar-refractivity contribution is -0.00834. The molecule has 32 heavy (non-hydrogen) atoms. The molecule has 1 aliphatic heterocycles. The van der Waals surface area contributed by atoms with E-state index in [1.165, 1.54) is 0 Å². The van der Waals surface area contributed by atoms with Gasteiger partial charge in [0.15, 0.2) is 5.96 Å². The van der Waals surface area contributed by atoms with E-state index in [0.29, 0.717) is 18.7 Å². The molecule has 8 nitrogen and oxygen atoms in total. The number of amides is 1. The van der Waals surface area contributed by atoms with E-state index >= 15 is 0 Å². The first kappa shape index (κ1) is 28.6. The molecule has 2 rings (SSSR count). The SMILES string of the molecule is CCNC(=NCc1cccc(C(=O)NCCN(C)C)c1)NCC(C)(C)N1CCOCC1.I. The predicted molar refractivity (Wildman–Crippen MR) is 142 cm³/mol. The van der Waals surface area contributed by atoms with Gasteiger partial charge in [0.2, 0.25) is 0 Å². The number of nitrogens with zero attached hydrogens (tertiary/aromatic N) is 3. The number of likely N-dealkylation sites (N-methyl/N-ethyl adjacent to an activating group) is 1. The van der Waals surface area contributed by atoms with Crippen molar-refractivity contribution < 1.29 is 9.53 Å². The fourth-order valence-electron chi connectivity index (χ4n) is 3.40. The Kier molecular flexibility index (Phi) is 13.1. The molecule has 1 aliphatic rings. The summed E-state index contributed by atoms with van der Waals surface area (Å²) in [6, 6.07) is 7.66. The van der Waals surface area contributed by atoms with Gasteiger partial charge in [-0.15, -0.1) is 24.0 Å². The van der Waals surface area contributed by atoms with E-state index in [2.05, 4.69) is 41.6 Å². The maximum absolute atomic E-state index is 12.4. The van der Waals surface area contributed by atoms with Crippen LogP contribution in [0.2, 0.25) is 0 Å². The van der Waals surface area contributed by atoms with Crippen LogP contribution in [0.25, 0.3) is 0 Å². The van der Waals surface area contributed by atoms with Crippen LogP contribution in [-0.2, 0) is 11.3 Å². The summed E-state index contributed by atoms with van der Waals surface area (Å²) in [6.45, 7) is 13.5. The molecule has 0 unspecified atom stereocenters. The highest BCUT2D eigenvalue weighted by Crippen LogP contribution is 2.15. The normalized spacial score (nSPS) is 15.2. The molecular weight excluding hydrogens is 519 g/mol. The third kappa shape index (κ3) is 10.0. The van der Waals surface area contributed by atoms with E-state index in [0.717, 1.165) is 57.5 Å². The Morgan fingerprint density at radius 2 is 1.91 bits per heavy atom. The molecule has 0 bridgehead atoms. The standard InChI is InChI=1S/C23H40N6O2.HI/c1-6-24-22(27-18-23(2,3)29-12-14-31-15-13-29)26-17-19-8-7-9-20(16-19)21(30)25-10-11-28(4)5;/h7-9,16H,6,10-15,17-18H2,1-5H3,(H,25,30)(H2,24,26,27);1H. The van der Waals surface area contributed by atoms with E-state index in [1.54, 1.807) is 0 Å². The van der Waals surface area contributed by atoms with Crippen LogP contribution < -0.4 is 16.0 Å². The topological polar surface area (TPSA) is 81.2 Å². The van der Waals surface area contributed by atoms with Crippen LogP contribution >= 0.6 is 24.0 Å². The molecule has 1 heterocycles. The minimum atomic E-state index is -0.0510. The number of guanidine groups is 1. The lowest BCUT2D eigenvalue weighted by atomic mass is 10.0. The zero-order valence-corrected chi connectivity index (χ0v) is 22.6. The molecule has 1 aromatic carbocycles. The number of aliphatic imine (C=N–C) groups is 1. The van der Waals surface area contributed by atoms with E-state index in [1.807, 2.05) is 43.3 Å². The van der Waals surface area contributed by atoms with Crippen LogP contribution in [0, 0.1) is 0 Å². The Morgan fingerprint density at radius 3 is 2.56 bits per heavy atom. The number of rotatable bonds is 10. The summed E-state index contributed by atoms with van der Waals surface area (Å²) in [5.74, 6) is 0.731. The van der Waals surface area contributed by atoms with E-state index < -0.39 is 0 Å². The summed E-state index contributed by atoms with van der Waals surface area (Å²) < 4.78 is 5.48. The van der Waals surface area contributed by atoms with Crippen LogP contribution in [-0.4, -0.2) is 93.8 Å². The summed E-state index contributed by atoms with van der Waals surface area (Å²) in [6.07, 6.45) is 0. The molecule has 0 atom stereocenters. The van der Waals surface area contributed by atoms with Crippen molar-refractivity contribution in [3.8, 4) is 0 Å². The van der Waals surface area contributed by atoms with Gasteiger partial charge in [0.05, 0.1) is 19.8 Å². The van der Waals surface area contributed by atoms with Crippen molar-refractivity contribution in [1.29, 1.82) is 0 Å². The molecule has 3 N–H and O–H groups in total. The molecule has 0 saturated carbocycles. The van der Waals surface area contributed by atoms with Gasteiger partial charge in [-0.3, -0.25) is 9.69 Å². The first-order valence-corrected chi connectivity index (χ1v) is 11.2. The summed E-state index contributed by atoms with van der Waals surface area (Å²) in [4.78, 5) is 21.6. The van der Waals surface area contributed by atoms with Crippen molar-refractivity contribution in [3.05, 3.63) is 35.4 Å². The Balaban J connectivity index is 0.00000512. The lowest BCUT2D eigenvalue weighted by Gasteiger charge is -2.41. The molecule has 0 spiro atoms. The van der Waals surface area contributed by atoms with E-state index in [-0.39, 0.29) is 35.4 Å². The average molecular weight is 561 g/mol. The second kappa shape index (κ2) is 14.7. The van der Waals surface area contributed by atoms with E-state index in [4.69, 9.17) is 9.73 Å². The number of carbonyl (C=O) groups is 1. The number of morpholine rings is 1. The smallest absolute Gasteiger partial charge is 0.251 e. The molecule has 9 heteroatoms. The lowest BCUT2D eigenvalue weighted by Crippen LogP contribution is -2.56. The molecule has 1 fully saturated rings. The Morgan fingerprint density at radius 1 is 1.19 bits per heavy atom. The van der Waals surface area contributed by atoms with Gasteiger partial charge in [0, 0.05) is 50.4 Å². The summed E-state index contributed by atoms with van der Waals surface area (Å²) in [7, 11) is 3.98. The number of halogens is 1. The molecule has 1 aromatic rings. The number of ether oxygens (including phenoxy) is 1. The first-order valence-electron chi connectivity index (χ1n) is 11.2. The highest BCUT2D eigenvalue weighted by molar-refractivity contribution is 14.0. The largest absolute Gasteiger partial charge is 0.379 e. The Hall–Kier alpha value is -1.43. The number of benzene rings is 1. The summed E-state index contributed by atoms with van der Waals surface area (Å²) >= 11 is 0. The Bertz CT molecular complexity index is 720. The molecule has 182 valence electrons. The highest BCUT2D eigenvalue weighted by Gasteiger charge is 2.28. The van der Waals surface area contributed by atoms with Gasteiger partial charge in [-0.25, -0.2) is 4.99 Å². The molecule has 0 radical (unpaired) electrons. The number of carbonyl (C=O) groups excluding carboxylic acids is 1. The number of hydrogen-bond acceptors (Lipinski definition) is 5. The van der Waals surface area contributed by atoms with Gasteiger partial charge in [-0.2, -0.15) is 0 Å². The van der Waals surface area contributed by atoms with Gasteiger partial charge in [0.25, 0.3) is 5.91 Å². The van der Waals surface area contributed by atoms with Crippen LogP contribution in [0.1, 0.15) is 36.7 Å². The van der Waals surface area contributed by atoms with Gasteiger partial charge in [0.1, 0.15) is 0 Å². The second-order valence-corrected chi connectivity index (χ2v) is 8.72. The molecule has 0 aromatic heterocycles. The van der Waals surface area contributed by atoms with E-state index in [9.17, 15) is 4.79 Å². The molecular formula is C23H41IN6O2. The average Bonchev–Trinajstić information content (AvgIpc) is 2.76. The fraction of sp³-hybridized carbons (Fsp3) is 0.652. The van der Waals surface area contributed by atoms with Gasteiger partial charge < -0.3 is 25.6 Å². The minimum Gasteiger partial charge on any atom is -0.379 e. The highest BCUT2D eigenvalue weighted by atomic mass is 127. The van der Waals surface area contributed by atoms with Gasteiger partial charge >= 0.3 is 0 Å². The van der Waals surface area contributed by atoms with Crippen LogP contribution in [0.15, 0.2) is 29.3 Å². The molecule has 1 saturated heterocycles. The maximum Gasteiger partial charge on any atom is 0.251 e. The zero-order valence-electron chi connectivity index (χ0n) is 20.2. The van der Waals surface area contributed by atoms with Crippen LogP contribution in [0.3, 0.4) is 0 Å². The Labute approximate surface area is 210 Å². The van der Waals surface area contributed by atoms with Crippen molar-refractivity contribution in [1.82, 2.24) is 25.8 Å². The van der Waals surface area contributed by atoms with Crippen molar-refractivity contribution in [2.75, 3.05) is 66.6 Å². The minimum absolute atomic E-state index is 0. The fourth-order valence-corrected chi connectivity index (χ4v) is 3.40. The number of hydrogen-bond donors (Lipinski definition) is 3. The quantitative estimate of drug-likeness (QED) is 0.230. The predicted octanol–water partition coefficient (Wildman–Crippen LogP) is 1.76. The third-order valence-electron chi connectivity index (χ3n) is 5.35. The summed E-state index contributed by atoms with van der Waals surface area (Å²) in [5, 5.41) is 9.75. The summed E-state index contributed by atoms with van der Waals surface area (Å²) in [5.41, 5.74) is 1.67. The van der Waals surface area contributed by atoms with Crippen molar-refractivity contribution in [3.63, 3.8) is 0 Å².